The van der Waals surface area contributed by atoms with E-state index in [1.165, 1.54) is 17.4 Å². The number of carbonyl (C=O) groups is 2. The van der Waals surface area contributed by atoms with Crippen LogP contribution in [0.1, 0.15) is 93.9 Å². The molecule has 4 heterocycles. The molecule has 2 unspecified atom stereocenters. The highest BCUT2D eigenvalue weighted by Gasteiger charge is 2.37. The van der Waals surface area contributed by atoms with Crippen molar-refractivity contribution in [2.75, 3.05) is 6.54 Å². The molecule has 0 spiro atoms. The van der Waals surface area contributed by atoms with Gasteiger partial charge in [-0.3, -0.25) is 9.59 Å². The Hall–Kier alpha value is -4.06. The summed E-state index contributed by atoms with van der Waals surface area (Å²) in [6.07, 6.45) is 7.10. The number of allylic oxidation sites excluding steroid dienone is 3. The number of amides is 2. The Balaban J connectivity index is 1.64. The Morgan fingerprint density at radius 3 is 2.69 bits per heavy atom. The average molecular weight is 595 g/mol. The van der Waals surface area contributed by atoms with Gasteiger partial charge in [0, 0.05) is 35.7 Å². The zero-order valence-corrected chi connectivity index (χ0v) is 25.9. The molecule has 1 aliphatic rings. The van der Waals surface area contributed by atoms with E-state index in [1.54, 1.807) is 38.7 Å². The van der Waals surface area contributed by atoms with Gasteiger partial charge in [0.05, 0.1) is 6.04 Å². The molecule has 0 saturated carbocycles. The predicted octanol–water partition coefficient (Wildman–Crippen LogP) is 5.82. The lowest BCUT2D eigenvalue weighted by Crippen LogP contribution is -2.46. The van der Waals surface area contributed by atoms with Crippen LogP contribution in [0.5, 0.6) is 0 Å². The summed E-state index contributed by atoms with van der Waals surface area (Å²) in [6, 6.07) is 2.70. The van der Waals surface area contributed by atoms with Crippen LogP contribution in [0.2, 0.25) is 0 Å². The number of ether oxygens (including phenoxy) is 1. The van der Waals surface area contributed by atoms with Crippen molar-refractivity contribution in [3.8, 4) is 11.5 Å². The second kappa shape index (κ2) is 12.4. The summed E-state index contributed by atoms with van der Waals surface area (Å²) in [4.78, 5) is 48.0. The van der Waals surface area contributed by atoms with Gasteiger partial charge in [0.1, 0.15) is 21.8 Å². The number of H-pyrrole nitrogens is 1. The van der Waals surface area contributed by atoms with E-state index in [4.69, 9.17) is 9.15 Å². The minimum Gasteiger partial charge on any atom is -0.444 e. The highest BCUT2D eigenvalue weighted by Crippen LogP contribution is 2.35. The molecule has 0 radical (unpaired) electrons. The first kappa shape index (κ1) is 30.9. The lowest BCUT2D eigenvalue weighted by molar-refractivity contribution is 0.0443. The van der Waals surface area contributed by atoms with E-state index in [9.17, 15) is 14.4 Å². The molecule has 0 bridgehead atoms. The third-order valence-electron chi connectivity index (χ3n) is 6.64. The number of nitrogens with zero attached hydrogens (tertiary/aromatic N) is 4. The molecule has 42 heavy (non-hydrogen) atoms. The van der Waals surface area contributed by atoms with E-state index >= 15 is 0 Å². The molecule has 4 rings (SSSR count). The molecule has 0 aliphatic carbocycles. The van der Waals surface area contributed by atoms with Gasteiger partial charge in [0.15, 0.2) is 0 Å². The second-order valence-corrected chi connectivity index (χ2v) is 12.6. The van der Waals surface area contributed by atoms with Gasteiger partial charge in [0.25, 0.3) is 5.91 Å². The largest absolute Gasteiger partial charge is 0.444 e. The van der Waals surface area contributed by atoms with Crippen LogP contribution in [0.4, 0.5) is 4.79 Å². The van der Waals surface area contributed by atoms with E-state index < -0.39 is 22.8 Å². The smallest absolute Gasteiger partial charge is 0.408 e. The van der Waals surface area contributed by atoms with Gasteiger partial charge in [-0.2, -0.15) is 0 Å². The van der Waals surface area contributed by atoms with E-state index in [0.717, 1.165) is 29.1 Å². The van der Waals surface area contributed by atoms with Crippen LogP contribution in [0.15, 0.2) is 50.5 Å². The summed E-state index contributed by atoms with van der Waals surface area (Å²) in [6.45, 7) is 13.4. The molecule has 11 nitrogen and oxygen atoms in total. The summed E-state index contributed by atoms with van der Waals surface area (Å²) in [7, 11) is 0. The molecule has 1 fully saturated rings. The molecule has 1 saturated heterocycles. The number of nitrogens with one attached hydrogen (secondary N) is 2. The molecular formula is C30H38N6O5S. The Kier molecular flexibility index (Phi) is 9.15. The van der Waals surface area contributed by atoms with Crippen molar-refractivity contribution in [1.82, 2.24) is 30.4 Å². The zero-order valence-electron chi connectivity index (χ0n) is 25.1. The van der Waals surface area contributed by atoms with Gasteiger partial charge in [-0.25, -0.2) is 9.78 Å². The first-order valence-corrected chi connectivity index (χ1v) is 14.8. The van der Waals surface area contributed by atoms with Crippen molar-refractivity contribution in [2.24, 2.45) is 0 Å². The number of aryl methyl sites for hydroxylation is 1. The van der Waals surface area contributed by atoms with Crippen LogP contribution >= 0.6 is 11.3 Å². The molecule has 224 valence electrons. The first-order chi connectivity index (χ1) is 19.8. The molecule has 3 aromatic rings. The van der Waals surface area contributed by atoms with E-state index in [1.807, 2.05) is 44.4 Å². The van der Waals surface area contributed by atoms with Crippen molar-refractivity contribution in [1.29, 1.82) is 0 Å². The SMILES string of the molecule is C/C=C\C=C(/C)CC(C)(NC(=O)OC(C)(C)C)c1nnc(-c2cc(C(=O)N3CCCC3c3nc(C)cs3)[nH]c(=O)c2)o1. The molecule has 1 aliphatic heterocycles. The Morgan fingerprint density at radius 2 is 2.02 bits per heavy atom. The monoisotopic (exact) mass is 594 g/mol. The number of aromatic nitrogens is 4. The number of aromatic amines is 1. The molecule has 3 aromatic heterocycles. The van der Waals surface area contributed by atoms with Gasteiger partial charge >= 0.3 is 6.09 Å². The van der Waals surface area contributed by atoms with Crippen LogP contribution in [-0.4, -0.2) is 49.2 Å². The highest BCUT2D eigenvalue weighted by atomic mass is 32.1. The molecule has 2 amide bonds. The topological polar surface area (TPSA) is 143 Å². The summed E-state index contributed by atoms with van der Waals surface area (Å²) >= 11 is 1.53. The summed E-state index contributed by atoms with van der Waals surface area (Å²) in [5.41, 5.74) is -0.0225. The van der Waals surface area contributed by atoms with Gasteiger partial charge in [-0.15, -0.1) is 21.5 Å². The quantitative estimate of drug-likeness (QED) is 0.311. The normalized spacial score (nSPS) is 17.5. The molecular weight excluding hydrogens is 556 g/mol. The minimum atomic E-state index is -1.12. The Bertz CT molecular complexity index is 1560. The van der Waals surface area contributed by atoms with Gasteiger partial charge in [0.2, 0.25) is 17.3 Å². The Labute approximate surface area is 249 Å². The summed E-state index contributed by atoms with van der Waals surface area (Å²) in [5, 5.41) is 14.1. The third-order valence-corrected chi connectivity index (χ3v) is 7.70. The maximum absolute atomic E-state index is 13.6. The lowest BCUT2D eigenvalue weighted by atomic mass is 9.93. The number of pyridine rings is 1. The Morgan fingerprint density at radius 1 is 1.26 bits per heavy atom. The standard InChI is InChI=1S/C30H38N6O5S/c1-8-9-11-18(2)16-30(7,33-28(39)41-29(4,5)6)27-35-34-24(40-27)20-14-21(32-23(37)15-20)26(38)36-13-10-12-22(36)25-31-19(3)17-42-25/h8-9,11,14-15,17,22H,10,12-13,16H2,1-7H3,(H,32,37)(H,33,39)/b9-8-,18-11+. The van der Waals surface area contributed by atoms with E-state index in [-0.39, 0.29) is 29.4 Å². The number of carbonyl (C=O) groups excluding carboxylic acids is 2. The highest BCUT2D eigenvalue weighted by molar-refractivity contribution is 7.09. The van der Waals surface area contributed by atoms with Crippen molar-refractivity contribution >= 4 is 23.3 Å². The molecule has 2 atom stereocenters. The van der Waals surface area contributed by atoms with Gasteiger partial charge in [-0.05, 0) is 67.4 Å². The molecule has 12 heteroatoms. The average Bonchev–Trinajstić information content (AvgIpc) is 3.66. The van der Waals surface area contributed by atoms with Gasteiger partial charge in [-0.1, -0.05) is 23.8 Å². The fraction of sp³-hybridized carbons (Fsp3) is 0.467. The predicted molar refractivity (Wildman–Crippen MR) is 160 cm³/mol. The summed E-state index contributed by atoms with van der Waals surface area (Å²) < 4.78 is 11.5. The summed E-state index contributed by atoms with van der Waals surface area (Å²) in [5.74, 6) is -0.125. The van der Waals surface area contributed by atoms with Crippen LogP contribution in [0, 0.1) is 6.92 Å². The van der Waals surface area contributed by atoms with Gasteiger partial charge < -0.3 is 24.4 Å². The van der Waals surface area contributed by atoms with Crippen LogP contribution in [0.3, 0.4) is 0 Å². The maximum atomic E-state index is 13.6. The number of alkyl carbamates (subject to hydrolysis) is 1. The number of rotatable bonds is 8. The fourth-order valence-electron chi connectivity index (χ4n) is 4.87. The van der Waals surface area contributed by atoms with Crippen molar-refractivity contribution in [2.45, 2.75) is 84.9 Å². The maximum Gasteiger partial charge on any atom is 0.408 e. The van der Waals surface area contributed by atoms with Crippen molar-refractivity contribution in [3.05, 3.63) is 74.0 Å². The van der Waals surface area contributed by atoms with E-state index in [0.29, 0.717) is 18.5 Å². The second-order valence-electron chi connectivity index (χ2n) is 11.7. The van der Waals surface area contributed by atoms with E-state index in [2.05, 4.69) is 25.5 Å². The first-order valence-electron chi connectivity index (χ1n) is 13.9. The number of likely N-dealkylation sites (tertiary alicyclic amines) is 1. The van der Waals surface area contributed by atoms with Crippen molar-refractivity contribution < 1.29 is 18.7 Å². The van der Waals surface area contributed by atoms with Crippen LogP contribution < -0.4 is 10.9 Å². The third kappa shape index (κ3) is 7.41. The lowest BCUT2D eigenvalue weighted by Gasteiger charge is -2.29. The number of thiazole rings is 1. The number of hydrogen-bond acceptors (Lipinski definition) is 9. The van der Waals surface area contributed by atoms with Crippen LogP contribution in [0.25, 0.3) is 11.5 Å². The molecule has 2 N–H and O–H groups in total. The number of hydrogen-bond donors (Lipinski definition) is 2. The van der Waals surface area contributed by atoms with Crippen molar-refractivity contribution in [3.63, 3.8) is 0 Å². The minimum absolute atomic E-state index is 0.0472. The molecule has 0 aromatic carbocycles. The van der Waals surface area contributed by atoms with Crippen LogP contribution in [-0.2, 0) is 10.3 Å². The fourth-order valence-corrected chi connectivity index (χ4v) is 5.81. The zero-order chi connectivity index (χ0) is 30.7.